The van der Waals surface area contributed by atoms with Gasteiger partial charge in [-0.05, 0) is 85.4 Å². The predicted octanol–water partition coefficient (Wildman–Crippen LogP) is 7.26. The van der Waals surface area contributed by atoms with Crippen LogP contribution < -0.4 is 0 Å². The highest BCUT2D eigenvalue weighted by atomic mass is 16.5. The van der Waals surface area contributed by atoms with Crippen LogP contribution in [0.2, 0.25) is 0 Å². The van der Waals surface area contributed by atoms with Gasteiger partial charge in [-0.1, -0.05) is 66.4 Å². The van der Waals surface area contributed by atoms with Crippen molar-refractivity contribution in [3.63, 3.8) is 0 Å². The van der Waals surface area contributed by atoms with Gasteiger partial charge in [-0.25, -0.2) is 0 Å². The molecule has 0 spiro atoms. The van der Waals surface area contributed by atoms with E-state index in [-0.39, 0.29) is 11.5 Å². The van der Waals surface area contributed by atoms with Crippen molar-refractivity contribution < 1.29 is 9.84 Å². The number of ether oxygens (including phenoxy) is 1. The molecule has 4 saturated carbocycles. The lowest BCUT2D eigenvalue weighted by atomic mass is 9.42. The molecule has 0 saturated heterocycles. The molecule has 2 nitrogen and oxygen atoms in total. The molecule has 4 fully saturated rings. The van der Waals surface area contributed by atoms with Crippen molar-refractivity contribution in [1.82, 2.24) is 0 Å². The van der Waals surface area contributed by atoms with Crippen LogP contribution in [-0.4, -0.2) is 23.9 Å². The summed E-state index contributed by atoms with van der Waals surface area (Å²) in [4.78, 5) is 0. The van der Waals surface area contributed by atoms with Gasteiger partial charge in [0.15, 0.2) is 0 Å². The van der Waals surface area contributed by atoms with Crippen LogP contribution in [-0.2, 0) is 4.74 Å². The maximum Gasteiger partial charge on any atom is 0.0648 e. The average molecular weight is 431 g/mol. The molecule has 2 heteroatoms. The number of unbranched alkanes of at least 4 members (excludes halogenated alkanes) is 1. The van der Waals surface area contributed by atoms with E-state index in [2.05, 4.69) is 41.2 Å². The number of hydrogen-bond donors (Lipinski definition) is 1. The highest BCUT2D eigenvalue weighted by molar-refractivity contribution is 5.14. The monoisotopic (exact) mass is 430 g/mol. The molecule has 0 aromatic heterocycles. The number of aliphatic hydroxyl groups excluding tert-OH is 1. The fourth-order valence-corrected chi connectivity index (χ4v) is 9.50. The van der Waals surface area contributed by atoms with Crippen molar-refractivity contribution in [2.45, 2.75) is 111 Å². The van der Waals surface area contributed by atoms with Crippen LogP contribution in [0.3, 0.4) is 0 Å². The minimum absolute atomic E-state index is 0.109. The molecule has 0 amide bonds. The standard InChI is InChI=1S/C29H50O2/c1-7-9-10-20(4)22-11-12-23-27-24(18-26(29(22,23)6)31-15-8-2)28(5)14-13-19(3)16-21(28)17-25(27)30/h8,19-27,30H,2,7,9-18H2,1,3-6H3/t19-,20-,21+,22-,23+,24+,25-,26+,27+,28+,29-/m1/s1. The van der Waals surface area contributed by atoms with E-state index in [0.29, 0.717) is 41.8 Å². The van der Waals surface area contributed by atoms with Gasteiger partial charge in [0.1, 0.15) is 0 Å². The third kappa shape index (κ3) is 3.86. The summed E-state index contributed by atoms with van der Waals surface area (Å²) < 4.78 is 6.66. The summed E-state index contributed by atoms with van der Waals surface area (Å²) in [6, 6.07) is 0. The summed E-state index contributed by atoms with van der Waals surface area (Å²) in [5.41, 5.74) is 0.586. The fourth-order valence-electron chi connectivity index (χ4n) is 9.50. The van der Waals surface area contributed by atoms with E-state index in [1.807, 2.05) is 6.08 Å². The van der Waals surface area contributed by atoms with Crippen molar-refractivity contribution in [3.8, 4) is 0 Å². The molecular formula is C29H50O2. The van der Waals surface area contributed by atoms with Crippen LogP contribution in [0.1, 0.15) is 98.8 Å². The third-order valence-electron chi connectivity index (χ3n) is 11.2. The average Bonchev–Trinajstić information content (AvgIpc) is 3.09. The van der Waals surface area contributed by atoms with Gasteiger partial charge in [0.2, 0.25) is 0 Å². The Kier molecular flexibility index (Phi) is 7.01. The number of rotatable bonds is 7. The van der Waals surface area contributed by atoms with Gasteiger partial charge < -0.3 is 9.84 Å². The number of aliphatic hydroxyl groups is 1. The zero-order valence-electron chi connectivity index (χ0n) is 21.1. The molecule has 0 heterocycles. The highest BCUT2D eigenvalue weighted by Crippen LogP contribution is 2.69. The van der Waals surface area contributed by atoms with Crippen molar-refractivity contribution in [2.75, 3.05) is 6.61 Å². The van der Waals surface area contributed by atoms with E-state index in [9.17, 15) is 5.11 Å². The molecule has 4 aliphatic carbocycles. The number of fused-ring (bicyclic) bond motifs is 5. The molecule has 1 N–H and O–H groups in total. The summed E-state index contributed by atoms with van der Waals surface area (Å²) >= 11 is 0. The normalized spacial score (nSPS) is 50.3. The highest BCUT2D eigenvalue weighted by Gasteiger charge is 2.66. The van der Waals surface area contributed by atoms with Gasteiger partial charge in [0.25, 0.3) is 0 Å². The van der Waals surface area contributed by atoms with Crippen molar-refractivity contribution in [1.29, 1.82) is 0 Å². The fraction of sp³-hybridized carbons (Fsp3) is 0.931. The molecule has 0 unspecified atom stereocenters. The smallest absolute Gasteiger partial charge is 0.0648 e. The first-order chi connectivity index (χ1) is 14.8. The molecule has 0 aromatic rings. The Morgan fingerprint density at radius 2 is 1.90 bits per heavy atom. The Morgan fingerprint density at radius 1 is 1.13 bits per heavy atom. The topological polar surface area (TPSA) is 29.5 Å². The Balaban J connectivity index is 1.67. The zero-order chi connectivity index (χ0) is 22.4. The van der Waals surface area contributed by atoms with E-state index < -0.39 is 0 Å². The van der Waals surface area contributed by atoms with Gasteiger partial charge in [-0.3, -0.25) is 0 Å². The largest absolute Gasteiger partial charge is 0.393 e. The van der Waals surface area contributed by atoms with E-state index in [4.69, 9.17) is 4.74 Å². The molecule has 4 rings (SSSR count). The van der Waals surface area contributed by atoms with Gasteiger partial charge >= 0.3 is 0 Å². The maximum absolute atomic E-state index is 11.6. The minimum Gasteiger partial charge on any atom is -0.393 e. The second kappa shape index (κ2) is 9.13. The Morgan fingerprint density at radius 3 is 2.61 bits per heavy atom. The van der Waals surface area contributed by atoms with E-state index in [0.717, 1.165) is 30.6 Å². The SMILES string of the molecule is C=CCO[C@H]1C[C@H]2[C@@H]([C@H](O)C[C@@H]3C[C@H](C)CC[C@@]32C)[C@@H]2CC[C@H]([C@H](C)CCCC)[C@@]12C. The van der Waals surface area contributed by atoms with Crippen molar-refractivity contribution in [2.24, 2.45) is 52.3 Å². The lowest BCUT2D eigenvalue weighted by Crippen LogP contribution is -2.62. The van der Waals surface area contributed by atoms with Crippen LogP contribution in [0.25, 0.3) is 0 Å². The Labute approximate surface area is 192 Å². The first kappa shape index (κ1) is 23.8. The predicted molar refractivity (Wildman–Crippen MR) is 130 cm³/mol. The maximum atomic E-state index is 11.6. The van der Waals surface area contributed by atoms with Gasteiger partial charge in [0.05, 0.1) is 18.8 Å². The summed E-state index contributed by atoms with van der Waals surface area (Å²) in [6.45, 7) is 17.0. The van der Waals surface area contributed by atoms with E-state index >= 15 is 0 Å². The quantitative estimate of drug-likeness (QED) is 0.431. The molecule has 4 aliphatic rings. The van der Waals surface area contributed by atoms with Crippen molar-refractivity contribution >= 4 is 0 Å². The van der Waals surface area contributed by atoms with E-state index in [1.54, 1.807) is 0 Å². The zero-order valence-corrected chi connectivity index (χ0v) is 21.1. The second-order valence-corrected chi connectivity index (χ2v) is 12.7. The first-order valence-electron chi connectivity index (χ1n) is 13.7. The van der Waals surface area contributed by atoms with Crippen LogP contribution in [0.4, 0.5) is 0 Å². The molecule has 178 valence electrons. The second-order valence-electron chi connectivity index (χ2n) is 12.7. The molecule has 11 atom stereocenters. The summed E-state index contributed by atoms with van der Waals surface area (Å²) in [5.74, 6) is 4.70. The van der Waals surface area contributed by atoms with Crippen LogP contribution in [0.15, 0.2) is 12.7 Å². The van der Waals surface area contributed by atoms with Gasteiger partial charge in [0, 0.05) is 5.41 Å². The summed E-state index contributed by atoms with van der Waals surface area (Å²) in [7, 11) is 0. The van der Waals surface area contributed by atoms with Crippen molar-refractivity contribution in [3.05, 3.63) is 12.7 Å². The first-order valence-corrected chi connectivity index (χ1v) is 13.7. The third-order valence-corrected chi connectivity index (χ3v) is 11.2. The van der Waals surface area contributed by atoms with Gasteiger partial charge in [-0.2, -0.15) is 0 Å². The summed E-state index contributed by atoms with van der Waals surface area (Å²) in [5, 5.41) is 11.6. The summed E-state index contributed by atoms with van der Waals surface area (Å²) in [6.07, 6.45) is 15.0. The lowest BCUT2D eigenvalue weighted by molar-refractivity contribution is -0.213. The Bertz CT molecular complexity index is 630. The van der Waals surface area contributed by atoms with Crippen LogP contribution in [0, 0.1) is 52.3 Å². The molecule has 0 radical (unpaired) electrons. The Hall–Kier alpha value is -0.340. The molecule has 0 bridgehead atoms. The van der Waals surface area contributed by atoms with Gasteiger partial charge in [-0.15, -0.1) is 6.58 Å². The molecule has 31 heavy (non-hydrogen) atoms. The van der Waals surface area contributed by atoms with E-state index in [1.165, 1.54) is 51.4 Å². The van der Waals surface area contributed by atoms with Crippen LogP contribution >= 0.6 is 0 Å². The van der Waals surface area contributed by atoms with Crippen LogP contribution in [0.5, 0.6) is 0 Å². The number of hydrogen-bond acceptors (Lipinski definition) is 2. The lowest BCUT2D eigenvalue weighted by Gasteiger charge is -2.64. The molecule has 0 aromatic carbocycles. The minimum atomic E-state index is -0.109. The molecule has 0 aliphatic heterocycles. The molecular weight excluding hydrogens is 380 g/mol.